The van der Waals surface area contributed by atoms with Gasteiger partial charge in [0.25, 0.3) is 6.43 Å². The van der Waals surface area contributed by atoms with E-state index in [-0.39, 0.29) is 10.7 Å². The first-order chi connectivity index (χ1) is 12.3. The number of amides is 1. The number of ether oxygens (including phenoxy) is 1. The zero-order valence-electron chi connectivity index (χ0n) is 14.2. The van der Waals surface area contributed by atoms with Gasteiger partial charge in [0.1, 0.15) is 24.2 Å². The summed E-state index contributed by atoms with van der Waals surface area (Å²) in [6.45, 7) is 2.60. The van der Waals surface area contributed by atoms with Gasteiger partial charge in [0.05, 0.1) is 5.69 Å². The van der Waals surface area contributed by atoms with Crippen LogP contribution in [0, 0.1) is 12.7 Å². The zero-order valence-corrected chi connectivity index (χ0v) is 14.9. The Morgan fingerprint density at radius 1 is 1.23 bits per heavy atom. The molecule has 0 spiro atoms. The molecule has 2 aromatic carbocycles. The Labute approximate surface area is 154 Å². The Morgan fingerprint density at radius 3 is 2.62 bits per heavy atom. The van der Waals surface area contributed by atoms with Crippen molar-refractivity contribution in [3.05, 3.63) is 52.8 Å². The highest BCUT2D eigenvalue weighted by Crippen LogP contribution is 2.24. The first kappa shape index (κ1) is 19.9. The van der Waals surface area contributed by atoms with Gasteiger partial charge in [-0.2, -0.15) is 0 Å². The third-order valence-corrected chi connectivity index (χ3v) is 3.75. The van der Waals surface area contributed by atoms with Crippen molar-refractivity contribution in [2.24, 2.45) is 0 Å². The second kappa shape index (κ2) is 8.80. The number of alkyl halides is 2. The van der Waals surface area contributed by atoms with Crippen LogP contribution in [-0.2, 0) is 4.79 Å². The van der Waals surface area contributed by atoms with Crippen LogP contribution in [0.4, 0.5) is 24.5 Å². The van der Waals surface area contributed by atoms with Gasteiger partial charge in [0.2, 0.25) is 5.91 Å². The first-order valence-corrected chi connectivity index (χ1v) is 8.18. The number of nitrogens with one attached hydrogen (secondary N) is 2. The van der Waals surface area contributed by atoms with E-state index in [2.05, 4.69) is 10.6 Å². The minimum Gasteiger partial charge on any atom is -0.487 e. The average molecular weight is 387 g/mol. The van der Waals surface area contributed by atoms with E-state index >= 15 is 0 Å². The third kappa shape index (κ3) is 5.56. The maximum Gasteiger partial charge on any atom is 0.272 e. The van der Waals surface area contributed by atoms with Crippen molar-refractivity contribution in [2.45, 2.75) is 26.3 Å². The predicted octanol–water partition coefficient (Wildman–Crippen LogP) is 4.87. The molecule has 140 valence electrons. The summed E-state index contributed by atoms with van der Waals surface area (Å²) in [7, 11) is 0. The molecular formula is C18H18ClF3N2O2. The first-order valence-electron chi connectivity index (χ1n) is 7.80. The monoisotopic (exact) mass is 386 g/mol. The summed E-state index contributed by atoms with van der Waals surface area (Å²) in [5.74, 6) is -0.815. The SMILES string of the molecule is Cc1ccc(NC(C)C(=O)Nc2ccc(Cl)cc2F)cc1OCC(F)F. The number of hydrogen-bond donors (Lipinski definition) is 2. The number of halogens is 4. The van der Waals surface area contributed by atoms with E-state index in [1.54, 1.807) is 26.0 Å². The van der Waals surface area contributed by atoms with Crippen molar-refractivity contribution in [1.82, 2.24) is 0 Å². The lowest BCUT2D eigenvalue weighted by Gasteiger charge is -2.17. The van der Waals surface area contributed by atoms with Gasteiger partial charge < -0.3 is 15.4 Å². The minimum atomic E-state index is -2.58. The zero-order chi connectivity index (χ0) is 19.3. The fraction of sp³-hybridized carbons (Fsp3) is 0.278. The van der Waals surface area contributed by atoms with E-state index in [4.69, 9.17) is 16.3 Å². The summed E-state index contributed by atoms with van der Waals surface area (Å²) in [6.07, 6.45) is -2.58. The second-order valence-electron chi connectivity index (χ2n) is 5.66. The van der Waals surface area contributed by atoms with Gasteiger partial charge in [-0.1, -0.05) is 17.7 Å². The maximum absolute atomic E-state index is 13.8. The highest BCUT2D eigenvalue weighted by molar-refractivity contribution is 6.30. The van der Waals surface area contributed by atoms with E-state index in [0.717, 1.165) is 6.07 Å². The molecule has 26 heavy (non-hydrogen) atoms. The smallest absolute Gasteiger partial charge is 0.272 e. The number of hydrogen-bond acceptors (Lipinski definition) is 3. The molecule has 0 aliphatic carbocycles. The molecule has 0 bridgehead atoms. The van der Waals surface area contributed by atoms with Crippen LogP contribution in [-0.4, -0.2) is 25.0 Å². The third-order valence-electron chi connectivity index (χ3n) is 3.52. The van der Waals surface area contributed by atoms with E-state index in [9.17, 15) is 18.0 Å². The van der Waals surface area contributed by atoms with Crippen LogP contribution >= 0.6 is 11.6 Å². The summed E-state index contributed by atoms with van der Waals surface area (Å²) < 4.78 is 43.4. The quantitative estimate of drug-likeness (QED) is 0.713. The molecule has 0 radical (unpaired) electrons. The molecule has 0 saturated heterocycles. The van der Waals surface area contributed by atoms with Crippen molar-refractivity contribution < 1.29 is 22.7 Å². The van der Waals surface area contributed by atoms with Crippen LogP contribution in [0.15, 0.2) is 36.4 Å². The second-order valence-corrected chi connectivity index (χ2v) is 6.10. The number of benzene rings is 2. The highest BCUT2D eigenvalue weighted by Gasteiger charge is 2.16. The predicted molar refractivity (Wildman–Crippen MR) is 95.8 cm³/mol. The molecule has 0 heterocycles. The summed E-state index contributed by atoms with van der Waals surface area (Å²) in [5, 5.41) is 5.60. The normalized spacial score (nSPS) is 12.0. The summed E-state index contributed by atoms with van der Waals surface area (Å²) in [6, 6.07) is 8.13. The molecule has 0 aromatic heterocycles. The van der Waals surface area contributed by atoms with Gasteiger partial charge in [0.15, 0.2) is 0 Å². The highest BCUT2D eigenvalue weighted by atomic mass is 35.5. The molecule has 1 atom stereocenters. The summed E-state index contributed by atoms with van der Waals surface area (Å²) in [4.78, 5) is 12.2. The van der Waals surface area contributed by atoms with Gasteiger partial charge in [-0.05, 0) is 43.7 Å². The Morgan fingerprint density at radius 2 is 1.96 bits per heavy atom. The lowest BCUT2D eigenvalue weighted by atomic mass is 10.2. The molecule has 0 aliphatic rings. The number of aryl methyl sites for hydroxylation is 1. The lowest BCUT2D eigenvalue weighted by molar-refractivity contribution is -0.116. The lowest BCUT2D eigenvalue weighted by Crippen LogP contribution is -2.32. The van der Waals surface area contributed by atoms with Gasteiger partial charge in [-0.15, -0.1) is 0 Å². The van der Waals surface area contributed by atoms with Crippen molar-refractivity contribution in [3.63, 3.8) is 0 Å². The van der Waals surface area contributed by atoms with Gasteiger partial charge >= 0.3 is 0 Å². The average Bonchev–Trinajstić information content (AvgIpc) is 2.57. The van der Waals surface area contributed by atoms with E-state index in [1.165, 1.54) is 18.2 Å². The molecule has 4 nitrogen and oxygen atoms in total. The van der Waals surface area contributed by atoms with Crippen LogP contribution in [0.2, 0.25) is 5.02 Å². The standard InChI is InChI=1S/C18H18ClF3N2O2/c1-10-3-5-13(8-16(10)26-9-17(21)22)23-11(2)18(25)24-15-6-4-12(19)7-14(15)20/h3-8,11,17,23H,9H2,1-2H3,(H,24,25). The van der Waals surface area contributed by atoms with Gasteiger partial charge in [0, 0.05) is 16.8 Å². The van der Waals surface area contributed by atoms with Gasteiger partial charge in [-0.3, -0.25) is 4.79 Å². The Kier molecular flexibility index (Phi) is 6.74. The Bertz CT molecular complexity index is 787. The molecule has 0 saturated carbocycles. The van der Waals surface area contributed by atoms with Gasteiger partial charge in [-0.25, -0.2) is 13.2 Å². The van der Waals surface area contributed by atoms with E-state index in [0.29, 0.717) is 17.0 Å². The molecular weight excluding hydrogens is 369 g/mol. The fourth-order valence-corrected chi connectivity index (χ4v) is 2.30. The molecule has 1 amide bonds. The molecule has 2 aromatic rings. The van der Waals surface area contributed by atoms with Crippen molar-refractivity contribution in [3.8, 4) is 5.75 Å². The van der Waals surface area contributed by atoms with Crippen molar-refractivity contribution >= 4 is 28.9 Å². The number of anilines is 2. The Hall–Kier alpha value is -2.41. The summed E-state index contributed by atoms with van der Waals surface area (Å²) >= 11 is 5.67. The van der Waals surface area contributed by atoms with Crippen LogP contribution in [0.1, 0.15) is 12.5 Å². The van der Waals surface area contributed by atoms with E-state index in [1.807, 2.05) is 0 Å². The number of carbonyl (C=O) groups is 1. The van der Waals surface area contributed by atoms with Crippen molar-refractivity contribution in [1.29, 1.82) is 0 Å². The minimum absolute atomic E-state index is 0.0120. The van der Waals surface area contributed by atoms with Crippen LogP contribution < -0.4 is 15.4 Å². The van der Waals surface area contributed by atoms with Crippen LogP contribution in [0.3, 0.4) is 0 Å². The van der Waals surface area contributed by atoms with Crippen LogP contribution in [0.25, 0.3) is 0 Å². The number of rotatable bonds is 7. The summed E-state index contributed by atoms with van der Waals surface area (Å²) in [5.41, 5.74) is 1.22. The largest absolute Gasteiger partial charge is 0.487 e. The maximum atomic E-state index is 13.8. The fourth-order valence-electron chi connectivity index (χ4n) is 2.15. The molecule has 2 N–H and O–H groups in total. The Balaban J connectivity index is 2.03. The molecule has 8 heteroatoms. The topological polar surface area (TPSA) is 50.4 Å². The van der Waals surface area contributed by atoms with Crippen LogP contribution in [0.5, 0.6) is 5.75 Å². The number of carbonyl (C=O) groups excluding carboxylic acids is 1. The molecule has 0 fully saturated rings. The van der Waals surface area contributed by atoms with Crippen molar-refractivity contribution in [2.75, 3.05) is 17.2 Å². The van der Waals surface area contributed by atoms with E-state index < -0.39 is 30.8 Å². The molecule has 1 unspecified atom stereocenters. The molecule has 0 aliphatic heterocycles. The molecule has 2 rings (SSSR count).